The molecule has 3 heterocycles. The van der Waals surface area contributed by atoms with Gasteiger partial charge in [0.25, 0.3) is 0 Å². The van der Waals surface area contributed by atoms with Crippen molar-refractivity contribution in [3.8, 4) is 0 Å². The second-order valence-corrected chi connectivity index (χ2v) is 6.28. The molecule has 1 aromatic heterocycles. The molecule has 2 aromatic rings. The molecular weight excluding hydrogens is 304 g/mol. The first kappa shape index (κ1) is 14.8. The van der Waals surface area contributed by atoms with Gasteiger partial charge >= 0.3 is 6.03 Å². The average molecular weight is 324 g/mol. The zero-order valence-corrected chi connectivity index (χ0v) is 13.8. The molecule has 2 aliphatic rings. The summed E-state index contributed by atoms with van der Waals surface area (Å²) in [7, 11) is 3.23. The Balaban J connectivity index is 1.90. The van der Waals surface area contributed by atoms with E-state index in [-0.39, 0.29) is 18.0 Å². The minimum Gasteiger partial charge on any atom is -0.494 e. The van der Waals surface area contributed by atoms with E-state index < -0.39 is 0 Å². The molecule has 0 radical (unpaired) electrons. The first-order chi connectivity index (χ1) is 11.5. The Hall–Kier alpha value is -2.73. The van der Waals surface area contributed by atoms with Crippen molar-refractivity contribution < 1.29 is 9.90 Å². The smallest absolute Gasteiger partial charge is 0.330 e. The van der Waals surface area contributed by atoms with Gasteiger partial charge in [-0.2, -0.15) is 0 Å². The van der Waals surface area contributed by atoms with Crippen molar-refractivity contribution in [2.24, 2.45) is 0 Å². The van der Waals surface area contributed by atoms with Gasteiger partial charge in [0.2, 0.25) is 5.88 Å². The summed E-state index contributed by atoms with van der Waals surface area (Å²) in [5.41, 5.74) is 4.51. The lowest BCUT2D eigenvalue weighted by molar-refractivity contribution is 0.157. The van der Waals surface area contributed by atoms with Gasteiger partial charge in [-0.3, -0.25) is 9.80 Å². The zero-order valence-electron chi connectivity index (χ0n) is 13.8. The third-order valence-electron chi connectivity index (χ3n) is 5.00. The van der Waals surface area contributed by atoms with Gasteiger partial charge in [-0.25, -0.2) is 4.79 Å². The molecule has 4 rings (SSSR count). The summed E-state index contributed by atoms with van der Waals surface area (Å²) in [5.74, 6) is -0.0490. The van der Waals surface area contributed by atoms with Crippen molar-refractivity contribution in [3.63, 3.8) is 0 Å². The van der Waals surface area contributed by atoms with Crippen LogP contribution < -0.4 is 5.32 Å². The molecule has 6 heteroatoms. The summed E-state index contributed by atoms with van der Waals surface area (Å²) >= 11 is 0. The molecule has 0 saturated carbocycles. The van der Waals surface area contributed by atoms with Crippen molar-refractivity contribution in [1.82, 2.24) is 20.1 Å². The number of fused-ring (bicyclic) bond motifs is 3. The van der Waals surface area contributed by atoms with Crippen LogP contribution in [-0.4, -0.2) is 46.6 Å². The number of aromatic amines is 1. The van der Waals surface area contributed by atoms with E-state index in [1.807, 2.05) is 12.1 Å². The SMILES string of the molecule is C=C1C(C2NCCc3c2[nH]c2ccccc32)=C(O)N(C)C(=O)N1C. The largest absolute Gasteiger partial charge is 0.494 e. The number of H-pyrrole nitrogens is 1. The molecule has 124 valence electrons. The molecule has 1 unspecified atom stereocenters. The van der Waals surface area contributed by atoms with Crippen LogP contribution in [0.2, 0.25) is 0 Å². The Labute approximate surface area is 140 Å². The van der Waals surface area contributed by atoms with Crippen molar-refractivity contribution >= 4 is 16.9 Å². The van der Waals surface area contributed by atoms with Crippen molar-refractivity contribution in [2.45, 2.75) is 12.5 Å². The van der Waals surface area contributed by atoms with E-state index in [1.54, 1.807) is 14.1 Å². The molecule has 0 saturated heterocycles. The van der Waals surface area contributed by atoms with Crippen LogP contribution in [0.25, 0.3) is 10.9 Å². The second-order valence-electron chi connectivity index (χ2n) is 6.28. The molecule has 1 atom stereocenters. The van der Waals surface area contributed by atoms with Gasteiger partial charge in [-0.15, -0.1) is 0 Å². The normalized spacial score (nSPS) is 21.7. The van der Waals surface area contributed by atoms with Crippen LogP contribution in [0.15, 0.2) is 48.0 Å². The van der Waals surface area contributed by atoms with Gasteiger partial charge in [-0.1, -0.05) is 24.8 Å². The lowest BCUT2D eigenvalue weighted by Crippen LogP contribution is -2.46. The fourth-order valence-electron chi connectivity index (χ4n) is 3.64. The molecule has 6 nitrogen and oxygen atoms in total. The number of para-hydroxylation sites is 1. The molecule has 1 aromatic carbocycles. The molecule has 24 heavy (non-hydrogen) atoms. The summed E-state index contributed by atoms with van der Waals surface area (Å²) in [6.07, 6.45) is 0.918. The van der Waals surface area contributed by atoms with Gasteiger partial charge in [0.05, 0.1) is 11.6 Å². The molecule has 3 N–H and O–H groups in total. The van der Waals surface area contributed by atoms with E-state index in [1.165, 1.54) is 20.7 Å². The Kier molecular flexibility index (Phi) is 3.18. The number of hydrogen-bond donors (Lipinski definition) is 3. The van der Waals surface area contributed by atoms with Gasteiger partial charge in [0, 0.05) is 42.9 Å². The Morgan fingerprint density at radius 1 is 1.25 bits per heavy atom. The quantitative estimate of drug-likeness (QED) is 0.755. The first-order valence-corrected chi connectivity index (χ1v) is 7.97. The molecule has 0 aliphatic carbocycles. The summed E-state index contributed by atoms with van der Waals surface area (Å²) < 4.78 is 0. The lowest BCUT2D eigenvalue weighted by atomic mass is 9.92. The lowest BCUT2D eigenvalue weighted by Gasteiger charge is -2.37. The van der Waals surface area contributed by atoms with E-state index in [4.69, 9.17) is 0 Å². The van der Waals surface area contributed by atoms with E-state index in [0.29, 0.717) is 11.3 Å². The second kappa shape index (κ2) is 5.14. The van der Waals surface area contributed by atoms with Crippen LogP contribution in [0.4, 0.5) is 4.79 Å². The van der Waals surface area contributed by atoms with Crippen LogP contribution >= 0.6 is 0 Å². The van der Waals surface area contributed by atoms with Gasteiger partial charge in [-0.05, 0) is 18.1 Å². The number of likely N-dealkylation sites (N-methyl/N-ethyl adjacent to an activating group) is 1. The summed E-state index contributed by atoms with van der Waals surface area (Å²) in [4.78, 5) is 18.3. The number of nitrogens with one attached hydrogen (secondary N) is 2. The third kappa shape index (κ3) is 1.89. The summed E-state index contributed by atoms with van der Waals surface area (Å²) in [6.45, 7) is 4.82. The van der Waals surface area contributed by atoms with Crippen LogP contribution in [0.5, 0.6) is 0 Å². The highest BCUT2D eigenvalue weighted by Crippen LogP contribution is 2.39. The number of urea groups is 1. The van der Waals surface area contributed by atoms with Crippen LogP contribution in [0.3, 0.4) is 0 Å². The predicted molar refractivity (Wildman–Crippen MR) is 92.5 cm³/mol. The Morgan fingerprint density at radius 3 is 2.79 bits per heavy atom. The number of aromatic nitrogens is 1. The number of carbonyl (C=O) groups excluding carboxylic acids is 1. The van der Waals surface area contributed by atoms with E-state index in [2.05, 4.69) is 29.0 Å². The maximum atomic E-state index is 12.1. The fraction of sp³-hybridized carbons (Fsp3) is 0.278. The predicted octanol–water partition coefficient (Wildman–Crippen LogP) is 2.64. The molecule has 0 spiro atoms. The minimum absolute atomic E-state index is 0.0490. The molecule has 2 amide bonds. The zero-order chi connectivity index (χ0) is 17.0. The summed E-state index contributed by atoms with van der Waals surface area (Å²) in [5, 5.41) is 15.2. The first-order valence-electron chi connectivity index (χ1n) is 7.97. The number of rotatable bonds is 1. The van der Waals surface area contributed by atoms with Crippen LogP contribution in [0.1, 0.15) is 17.3 Å². The number of aliphatic hydroxyl groups is 1. The standard InChI is InChI=1S/C18H20N4O2/c1-10-14(17(23)22(3)18(24)21(10)2)16-15-12(8-9-19-16)11-6-4-5-7-13(11)20-15/h4-7,16,19-20,23H,1,8-9H2,2-3H3. The van der Waals surface area contributed by atoms with E-state index in [9.17, 15) is 9.90 Å². The van der Waals surface area contributed by atoms with Crippen LogP contribution in [-0.2, 0) is 6.42 Å². The molecule has 2 aliphatic heterocycles. The van der Waals surface area contributed by atoms with Crippen LogP contribution in [0, 0.1) is 0 Å². The monoisotopic (exact) mass is 324 g/mol. The third-order valence-corrected chi connectivity index (χ3v) is 5.00. The number of benzene rings is 1. The molecule has 0 fully saturated rings. The van der Waals surface area contributed by atoms with Gasteiger partial charge < -0.3 is 15.4 Å². The van der Waals surface area contributed by atoms with E-state index >= 15 is 0 Å². The molecular formula is C18H20N4O2. The number of nitrogens with zero attached hydrogens (tertiary/aromatic N) is 2. The number of amides is 2. The maximum Gasteiger partial charge on any atom is 0.330 e. The van der Waals surface area contributed by atoms with Crippen molar-refractivity contribution in [2.75, 3.05) is 20.6 Å². The maximum absolute atomic E-state index is 12.1. The highest BCUT2D eigenvalue weighted by Gasteiger charge is 2.38. The Morgan fingerprint density at radius 2 is 2.00 bits per heavy atom. The highest BCUT2D eigenvalue weighted by molar-refractivity contribution is 5.86. The topological polar surface area (TPSA) is 71.6 Å². The molecule has 0 bridgehead atoms. The van der Waals surface area contributed by atoms with Crippen molar-refractivity contribution in [3.05, 3.63) is 59.3 Å². The summed E-state index contributed by atoms with van der Waals surface area (Å²) in [6, 6.07) is 7.67. The number of hydrogen-bond acceptors (Lipinski definition) is 3. The van der Waals surface area contributed by atoms with Crippen molar-refractivity contribution in [1.29, 1.82) is 0 Å². The fourth-order valence-corrected chi connectivity index (χ4v) is 3.64. The van der Waals surface area contributed by atoms with E-state index in [0.717, 1.165) is 24.2 Å². The highest BCUT2D eigenvalue weighted by atomic mass is 16.3. The Bertz CT molecular complexity index is 896. The van der Waals surface area contributed by atoms with Gasteiger partial charge in [0.15, 0.2) is 0 Å². The number of aliphatic hydroxyl groups excluding tert-OH is 1. The van der Waals surface area contributed by atoms with Gasteiger partial charge in [0.1, 0.15) is 0 Å². The average Bonchev–Trinajstić information content (AvgIpc) is 2.98. The number of carbonyl (C=O) groups is 1. The minimum atomic E-state index is -0.297.